The minimum absolute atomic E-state index is 0.924. The molecular formula is C10H20N2O. The zero-order chi connectivity index (χ0) is 9.52. The summed E-state index contributed by atoms with van der Waals surface area (Å²) in [6.07, 6.45) is 6.14. The molecule has 2 heterocycles. The number of carbonyl (C=O) groups excluding carboxylic acids is 1. The van der Waals surface area contributed by atoms with Crippen LogP contribution in [0.5, 0.6) is 0 Å². The first kappa shape index (κ1) is 10.5. The SMILES string of the molecule is CN1CCCC1.O=CN1CCCC1. The molecule has 2 fully saturated rings. The third-order valence-electron chi connectivity index (χ3n) is 2.62. The summed E-state index contributed by atoms with van der Waals surface area (Å²) in [7, 11) is 2.17. The number of rotatable bonds is 1. The van der Waals surface area contributed by atoms with Crippen LogP contribution in [0, 0.1) is 0 Å². The van der Waals surface area contributed by atoms with E-state index in [0.717, 1.165) is 19.5 Å². The summed E-state index contributed by atoms with van der Waals surface area (Å²) in [5.41, 5.74) is 0. The molecule has 0 bridgehead atoms. The first-order valence-corrected chi connectivity index (χ1v) is 5.21. The maximum Gasteiger partial charge on any atom is 0.209 e. The molecule has 2 aliphatic heterocycles. The van der Waals surface area contributed by atoms with Gasteiger partial charge in [-0.2, -0.15) is 0 Å². The highest BCUT2D eigenvalue weighted by molar-refractivity contribution is 5.47. The van der Waals surface area contributed by atoms with Crippen molar-refractivity contribution in [2.24, 2.45) is 0 Å². The monoisotopic (exact) mass is 184 g/mol. The second-order valence-electron chi connectivity index (χ2n) is 3.86. The molecule has 3 nitrogen and oxygen atoms in total. The standard InChI is InChI=1S/C5H9NO.C5H11N/c7-5-6-3-1-2-4-6;1-6-4-2-3-5-6/h5H,1-4H2;2-5H2,1H3. The number of hydrogen-bond donors (Lipinski definition) is 0. The lowest BCUT2D eigenvalue weighted by atomic mass is 10.4. The predicted octanol–water partition coefficient (Wildman–Crippen LogP) is 0.951. The fourth-order valence-electron chi connectivity index (χ4n) is 1.72. The normalized spacial score (nSPS) is 22.7. The van der Waals surface area contributed by atoms with Crippen LogP contribution in [0.15, 0.2) is 0 Å². The average Bonchev–Trinajstić information content (AvgIpc) is 2.76. The average molecular weight is 184 g/mol. The van der Waals surface area contributed by atoms with Crippen LogP contribution in [0.1, 0.15) is 25.7 Å². The van der Waals surface area contributed by atoms with Gasteiger partial charge in [-0.1, -0.05) is 0 Å². The van der Waals surface area contributed by atoms with Gasteiger partial charge in [0.2, 0.25) is 6.41 Å². The van der Waals surface area contributed by atoms with E-state index in [1.54, 1.807) is 4.90 Å². The lowest BCUT2D eigenvalue weighted by Gasteiger charge is -2.03. The maximum absolute atomic E-state index is 9.93. The number of carbonyl (C=O) groups is 1. The highest BCUT2D eigenvalue weighted by Crippen LogP contribution is 2.03. The van der Waals surface area contributed by atoms with Crippen molar-refractivity contribution in [3.05, 3.63) is 0 Å². The molecular weight excluding hydrogens is 164 g/mol. The number of likely N-dealkylation sites (tertiary alicyclic amines) is 2. The van der Waals surface area contributed by atoms with Gasteiger partial charge >= 0.3 is 0 Å². The van der Waals surface area contributed by atoms with Crippen molar-refractivity contribution in [1.29, 1.82) is 0 Å². The molecule has 0 N–H and O–H groups in total. The highest BCUT2D eigenvalue weighted by atomic mass is 16.1. The molecule has 2 saturated heterocycles. The van der Waals surface area contributed by atoms with Crippen LogP contribution < -0.4 is 0 Å². The number of nitrogens with zero attached hydrogens (tertiary/aromatic N) is 2. The molecule has 0 aromatic rings. The van der Waals surface area contributed by atoms with Gasteiger partial charge in [-0.05, 0) is 45.8 Å². The van der Waals surface area contributed by atoms with Crippen molar-refractivity contribution in [2.45, 2.75) is 25.7 Å². The first-order valence-electron chi connectivity index (χ1n) is 5.21. The van der Waals surface area contributed by atoms with E-state index in [0.29, 0.717) is 0 Å². The summed E-state index contributed by atoms with van der Waals surface area (Å²) in [6.45, 7) is 4.59. The number of hydrogen-bond acceptors (Lipinski definition) is 2. The molecule has 0 aromatic carbocycles. The molecule has 0 saturated carbocycles. The van der Waals surface area contributed by atoms with Crippen LogP contribution in [0.25, 0.3) is 0 Å². The van der Waals surface area contributed by atoms with Gasteiger partial charge in [0.15, 0.2) is 0 Å². The molecule has 0 atom stereocenters. The van der Waals surface area contributed by atoms with E-state index in [1.807, 2.05) is 0 Å². The molecule has 0 unspecified atom stereocenters. The van der Waals surface area contributed by atoms with Gasteiger partial charge in [-0.25, -0.2) is 0 Å². The zero-order valence-corrected chi connectivity index (χ0v) is 8.54. The van der Waals surface area contributed by atoms with Gasteiger partial charge < -0.3 is 9.80 Å². The van der Waals surface area contributed by atoms with Crippen LogP contribution in [-0.4, -0.2) is 49.4 Å². The minimum Gasteiger partial charge on any atom is -0.345 e. The third kappa shape index (κ3) is 4.27. The Morgan fingerprint density at radius 2 is 1.38 bits per heavy atom. The third-order valence-corrected chi connectivity index (χ3v) is 2.62. The van der Waals surface area contributed by atoms with Crippen molar-refractivity contribution >= 4 is 6.41 Å². The Kier molecular flexibility index (Phi) is 4.83. The first-order chi connectivity index (χ1) is 6.33. The minimum atomic E-state index is 0.924. The van der Waals surface area contributed by atoms with Gasteiger partial charge in [0, 0.05) is 13.1 Å². The van der Waals surface area contributed by atoms with E-state index in [2.05, 4.69) is 11.9 Å². The summed E-state index contributed by atoms with van der Waals surface area (Å²) < 4.78 is 0. The van der Waals surface area contributed by atoms with Gasteiger partial charge in [-0.15, -0.1) is 0 Å². The van der Waals surface area contributed by atoms with Crippen molar-refractivity contribution in [3.63, 3.8) is 0 Å². The Bertz CT molecular complexity index is 138. The van der Waals surface area contributed by atoms with E-state index in [4.69, 9.17) is 0 Å². The van der Waals surface area contributed by atoms with Gasteiger partial charge in [-0.3, -0.25) is 4.79 Å². The van der Waals surface area contributed by atoms with Crippen molar-refractivity contribution in [3.8, 4) is 0 Å². The second kappa shape index (κ2) is 5.97. The van der Waals surface area contributed by atoms with Crippen LogP contribution in [0.2, 0.25) is 0 Å². The Morgan fingerprint density at radius 1 is 0.923 bits per heavy atom. The van der Waals surface area contributed by atoms with Gasteiger partial charge in [0.1, 0.15) is 0 Å². The van der Waals surface area contributed by atoms with Crippen LogP contribution in [0.4, 0.5) is 0 Å². The van der Waals surface area contributed by atoms with E-state index in [-0.39, 0.29) is 0 Å². The molecule has 0 aliphatic carbocycles. The molecule has 2 aliphatic rings. The molecule has 0 spiro atoms. The van der Waals surface area contributed by atoms with Gasteiger partial charge in [0.25, 0.3) is 0 Å². The van der Waals surface area contributed by atoms with Crippen molar-refractivity contribution in [2.75, 3.05) is 33.2 Å². The molecule has 1 amide bonds. The molecule has 0 radical (unpaired) electrons. The second-order valence-corrected chi connectivity index (χ2v) is 3.86. The fraction of sp³-hybridized carbons (Fsp3) is 0.900. The zero-order valence-electron chi connectivity index (χ0n) is 8.54. The summed E-state index contributed by atoms with van der Waals surface area (Å²) in [4.78, 5) is 14.1. The van der Waals surface area contributed by atoms with E-state index in [9.17, 15) is 4.79 Å². The molecule has 3 heteroatoms. The largest absolute Gasteiger partial charge is 0.345 e. The molecule has 0 aromatic heterocycles. The van der Waals surface area contributed by atoms with Crippen molar-refractivity contribution in [1.82, 2.24) is 9.80 Å². The van der Waals surface area contributed by atoms with Crippen molar-refractivity contribution < 1.29 is 4.79 Å². The van der Waals surface area contributed by atoms with E-state index < -0.39 is 0 Å². The maximum atomic E-state index is 9.93. The summed E-state index contributed by atoms with van der Waals surface area (Å²) >= 11 is 0. The highest BCUT2D eigenvalue weighted by Gasteiger charge is 2.06. The predicted molar refractivity (Wildman–Crippen MR) is 53.6 cm³/mol. The lowest BCUT2D eigenvalue weighted by molar-refractivity contribution is -0.117. The fourth-order valence-corrected chi connectivity index (χ4v) is 1.72. The van der Waals surface area contributed by atoms with Crippen LogP contribution in [-0.2, 0) is 4.79 Å². The molecule has 2 rings (SSSR count). The van der Waals surface area contributed by atoms with E-state index in [1.165, 1.54) is 38.8 Å². The Balaban J connectivity index is 0.000000132. The number of amides is 1. The van der Waals surface area contributed by atoms with Crippen LogP contribution in [0.3, 0.4) is 0 Å². The van der Waals surface area contributed by atoms with E-state index >= 15 is 0 Å². The van der Waals surface area contributed by atoms with Gasteiger partial charge in [0.05, 0.1) is 0 Å². The Hall–Kier alpha value is -0.570. The summed E-state index contributed by atoms with van der Waals surface area (Å²) in [5, 5.41) is 0. The Labute approximate surface area is 80.7 Å². The smallest absolute Gasteiger partial charge is 0.209 e. The molecule has 13 heavy (non-hydrogen) atoms. The molecule has 76 valence electrons. The Morgan fingerprint density at radius 3 is 1.62 bits per heavy atom. The van der Waals surface area contributed by atoms with Crippen LogP contribution >= 0.6 is 0 Å². The lowest BCUT2D eigenvalue weighted by Crippen LogP contribution is -2.15. The topological polar surface area (TPSA) is 23.6 Å². The summed E-state index contributed by atoms with van der Waals surface area (Å²) in [5.74, 6) is 0. The quantitative estimate of drug-likeness (QED) is 0.566. The summed E-state index contributed by atoms with van der Waals surface area (Å²) in [6, 6.07) is 0.